The van der Waals surface area contributed by atoms with E-state index in [1.165, 1.54) is 12.8 Å². The fraction of sp³-hybridized carbons (Fsp3) is 1.00. The van der Waals surface area contributed by atoms with E-state index in [-0.39, 0.29) is 7.92 Å². The summed E-state index contributed by atoms with van der Waals surface area (Å²) in [6, 6.07) is 0. The molecule has 0 heterocycles. The van der Waals surface area contributed by atoms with Crippen molar-refractivity contribution in [2.45, 2.75) is 122 Å². The molecule has 27 heavy (non-hydrogen) atoms. The van der Waals surface area contributed by atoms with Crippen molar-refractivity contribution < 1.29 is 0 Å². The van der Waals surface area contributed by atoms with E-state index >= 15 is 0 Å². The molecule has 4 unspecified atom stereocenters. The molecule has 0 nitrogen and oxygen atoms in total. The molecule has 0 amide bonds. The predicted molar refractivity (Wildman–Crippen MR) is 122 cm³/mol. The summed E-state index contributed by atoms with van der Waals surface area (Å²) in [7, 11) is 0.171. The number of fused-ring (bicyclic) bond motifs is 4. The molecule has 0 aromatic heterocycles. The van der Waals surface area contributed by atoms with E-state index in [2.05, 4.69) is 34.6 Å². The quantitative estimate of drug-likeness (QED) is 0.413. The van der Waals surface area contributed by atoms with E-state index in [9.17, 15) is 0 Å². The van der Waals surface area contributed by atoms with E-state index in [4.69, 9.17) is 0 Å². The van der Waals surface area contributed by atoms with Gasteiger partial charge < -0.3 is 0 Å². The molecule has 0 aliphatic heterocycles. The van der Waals surface area contributed by atoms with Crippen LogP contribution in [0.5, 0.6) is 0 Å². The molecule has 4 bridgehead atoms. The maximum atomic E-state index is 2.61. The second-order valence-corrected chi connectivity index (χ2v) is 15.5. The first-order valence-electron chi connectivity index (χ1n) is 12.6. The molecule has 4 saturated carbocycles. The van der Waals surface area contributed by atoms with Crippen LogP contribution in [0, 0.1) is 35.5 Å². The van der Waals surface area contributed by atoms with Gasteiger partial charge in [-0.25, -0.2) is 0 Å². The third-order valence-corrected chi connectivity index (χ3v) is 13.2. The van der Waals surface area contributed by atoms with Crippen molar-refractivity contribution in [1.29, 1.82) is 0 Å². The van der Waals surface area contributed by atoms with Gasteiger partial charge in [0.15, 0.2) is 0 Å². The van der Waals surface area contributed by atoms with E-state index < -0.39 is 0 Å². The summed E-state index contributed by atoms with van der Waals surface area (Å²) in [5.41, 5.74) is 0. The van der Waals surface area contributed by atoms with Gasteiger partial charge in [-0.05, 0) is 123 Å². The minimum absolute atomic E-state index is 0.171. The molecule has 0 saturated heterocycles. The lowest BCUT2D eigenvalue weighted by molar-refractivity contribution is 0.108. The van der Waals surface area contributed by atoms with Crippen molar-refractivity contribution in [3.05, 3.63) is 0 Å². The van der Waals surface area contributed by atoms with Crippen LogP contribution >= 0.6 is 7.92 Å². The van der Waals surface area contributed by atoms with Gasteiger partial charge >= 0.3 is 0 Å². The molecule has 4 aliphatic rings. The Balaban J connectivity index is 1.71. The van der Waals surface area contributed by atoms with Crippen LogP contribution in [0.25, 0.3) is 0 Å². The number of unbranched alkanes of at least 4 members (excludes halogenated alkanes) is 1. The van der Waals surface area contributed by atoms with Gasteiger partial charge in [0.1, 0.15) is 0 Å². The summed E-state index contributed by atoms with van der Waals surface area (Å²) in [4.78, 5) is 0. The van der Waals surface area contributed by atoms with Gasteiger partial charge in [-0.2, -0.15) is 0 Å². The van der Waals surface area contributed by atoms with Gasteiger partial charge in [-0.3, -0.25) is 0 Å². The first-order valence-corrected chi connectivity index (χ1v) is 14.1. The molecule has 0 radical (unpaired) electrons. The number of hydrogen-bond acceptors (Lipinski definition) is 0. The number of rotatable bonds is 5. The van der Waals surface area contributed by atoms with Gasteiger partial charge in [0.2, 0.25) is 0 Å². The summed E-state index contributed by atoms with van der Waals surface area (Å²) < 4.78 is 0. The van der Waals surface area contributed by atoms with Crippen molar-refractivity contribution in [2.75, 3.05) is 6.16 Å². The molecule has 0 N–H and O–H groups in total. The Morgan fingerprint density at radius 3 is 1.33 bits per heavy atom. The highest BCUT2D eigenvalue weighted by Crippen LogP contribution is 2.75. The standard InChI is InChI=1S/C26H47P/c1-6-7-8-27(25-13-19(2)9-23(17-25)10-20(3)14-25)26-15-21(4)11-24(18-26)12-22(5)16-26/h19-24H,6-18H2,1-5H3. The van der Waals surface area contributed by atoms with E-state index in [0.29, 0.717) is 0 Å². The van der Waals surface area contributed by atoms with Gasteiger partial charge in [0, 0.05) is 0 Å². The molecule has 0 aromatic carbocycles. The zero-order valence-electron chi connectivity index (χ0n) is 19.1. The van der Waals surface area contributed by atoms with Crippen LogP contribution in [0.15, 0.2) is 0 Å². The molecule has 0 aromatic rings. The van der Waals surface area contributed by atoms with Crippen LogP contribution in [-0.2, 0) is 0 Å². The molecule has 4 atom stereocenters. The van der Waals surface area contributed by atoms with Crippen LogP contribution in [0.1, 0.15) is 112 Å². The van der Waals surface area contributed by atoms with Crippen LogP contribution in [0.4, 0.5) is 0 Å². The van der Waals surface area contributed by atoms with Gasteiger partial charge in [0.05, 0.1) is 0 Å². The average molecular weight is 391 g/mol. The van der Waals surface area contributed by atoms with Gasteiger partial charge in [-0.15, -0.1) is 0 Å². The topological polar surface area (TPSA) is 0 Å². The third-order valence-electron chi connectivity index (χ3n) is 9.07. The fourth-order valence-electron chi connectivity index (χ4n) is 9.26. The Morgan fingerprint density at radius 1 is 0.630 bits per heavy atom. The molecular weight excluding hydrogens is 343 g/mol. The van der Waals surface area contributed by atoms with Crippen molar-refractivity contribution in [3.63, 3.8) is 0 Å². The van der Waals surface area contributed by atoms with Gasteiger partial charge in [0.25, 0.3) is 0 Å². The van der Waals surface area contributed by atoms with Crippen molar-refractivity contribution in [2.24, 2.45) is 35.5 Å². The van der Waals surface area contributed by atoms with Crippen molar-refractivity contribution >= 4 is 7.92 Å². The minimum atomic E-state index is 0.171. The first-order chi connectivity index (χ1) is 12.8. The lowest BCUT2D eigenvalue weighted by Gasteiger charge is -2.63. The minimum Gasteiger partial charge on any atom is -0.0939 e. The smallest absolute Gasteiger partial charge is 0.00817 e. The van der Waals surface area contributed by atoms with Crippen molar-refractivity contribution in [1.82, 2.24) is 0 Å². The highest BCUT2D eigenvalue weighted by atomic mass is 31.1. The van der Waals surface area contributed by atoms with Crippen LogP contribution in [-0.4, -0.2) is 16.5 Å². The highest BCUT2D eigenvalue weighted by molar-refractivity contribution is 7.61. The Kier molecular flexibility index (Phi) is 6.08. The maximum absolute atomic E-state index is 2.61. The molecule has 1 heteroatoms. The third kappa shape index (κ3) is 4.05. The van der Waals surface area contributed by atoms with Crippen LogP contribution in [0.3, 0.4) is 0 Å². The van der Waals surface area contributed by atoms with Crippen molar-refractivity contribution in [3.8, 4) is 0 Å². The lowest BCUT2D eigenvalue weighted by atomic mass is 9.64. The number of hydrogen-bond donors (Lipinski definition) is 0. The summed E-state index contributed by atoms with van der Waals surface area (Å²) in [6.45, 7) is 12.9. The Morgan fingerprint density at radius 2 is 1.00 bits per heavy atom. The SMILES string of the molecule is CCCCP(C12CC(C)CC(CC(C)C1)C2)C12CC(C)CC(CC(C)C1)C2. The molecule has 4 aliphatic carbocycles. The lowest BCUT2D eigenvalue weighted by Crippen LogP contribution is -2.52. The molecular formula is C26H47P. The summed E-state index contributed by atoms with van der Waals surface area (Å²) >= 11 is 0. The maximum Gasteiger partial charge on any atom is -0.00817 e. The molecule has 4 rings (SSSR count). The zero-order chi connectivity index (χ0) is 19.2. The van der Waals surface area contributed by atoms with E-state index in [0.717, 1.165) is 45.8 Å². The van der Waals surface area contributed by atoms with Crippen LogP contribution in [0.2, 0.25) is 0 Å². The average Bonchev–Trinajstić information content (AvgIpc) is 2.51. The molecule has 156 valence electrons. The fourth-order valence-corrected chi connectivity index (χ4v) is 14.9. The normalized spacial score (nSPS) is 51.0. The van der Waals surface area contributed by atoms with E-state index in [1.54, 1.807) is 70.4 Å². The predicted octanol–water partition coefficient (Wildman–Crippen LogP) is 8.48. The zero-order valence-corrected chi connectivity index (χ0v) is 20.0. The highest BCUT2D eigenvalue weighted by Gasteiger charge is 2.57. The largest absolute Gasteiger partial charge is 0.0939 e. The second-order valence-electron chi connectivity index (χ2n) is 12.3. The Hall–Kier alpha value is 0.430. The summed E-state index contributed by atoms with van der Waals surface area (Å²) in [5.74, 6) is 6.13. The Bertz CT molecular complexity index is 429. The van der Waals surface area contributed by atoms with Gasteiger partial charge in [-0.1, -0.05) is 49.0 Å². The van der Waals surface area contributed by atoms with E-state index in [1.807, 2.05) is 0 Å². The molecule has 4 fully saturated rings. The van der Waals surface area contributed by atoms with Crippen LogP contribution < -0.4 is 0 Å². The first kappa shape index (κ1) is 20.7. The monoisotopic (exact) mass is 390 g/mol. The summed E-state index contributed by atoms with van der Waals surface area (Å²) in [6.07, 6.45) is 20.4. The Labute approximate surface area is 171 Å². The second kappa shape index (κ2) is 7.93. The molecule has 0 spiro atoms. The summed E-state index contributed by atoms with van der Waals surface area (Å²) in [5, 5.41) is 1.53.